The van der Waals surface area contributed by atoms with Crippen LogP contribution in [0, 0.1) is 5.92 Å². The van der Waals surface area contributed by atoms with Crippen LogP contribution in [0.5, 0.6) is 0 Å². The summed E-state index contributed by atoms with van der Waals surface area (Å²) in [5.41, 5.74) is 5.48. The lowest BCUT2D eigenvalue weighted by atomic mass is 10.2. The Labute approximate surface area is 85.2 Å². The molecule has 0 saturated heterocycles. The Kier molecular flexibility index (Phi) is 3.68. The second-order valence-electron chi connectivity index (χ2n) is 3.73. The molecule has 78 valence electrons. The van der Waals surface area contributed by atoms with Crippen molar-refractivity contribution < 1.29 is 0 Å². The molecule has 2 N–H and O–H groups in total. The molecule has 0 unspecified atom stereocenters. The summed E-state index contributed by atoms with van der Waals surface area (Å²) in [5, 5.41) is 0. The van der Waals surface area contributed by atoms with Crippen molar-refractivity contribution in [3.05, 3.63) is 12.4 Å². The van der Waals surface area contributed by atoms with Crippen LogP contribution in [-0.2, 0) is 0 Å². The molecule has 0 radical (unpaired) electrons. The van der Waals surface area contributed by atoms with Crippen LogP contribution in [0.25, 0.3) is 0 Å². The largest absolute Gasteiger partial charge is 0.382 e. The van der Waals surface area contributed by atoms with Crippen molar-refractivity contribution in [2.24, 2.45) is 5.92 Å². The standard InChI is InChI=1S/C10H18N4/c1-4-14(7-8(2)3)10-6-12-9(11)5-13-10/h5-6,8H,4,7H2,1-3H3,(H2,11,12). The maximum atomic E-state index is 5.48. The molecule has 0 saturated carbocycles. The third-order valence-corrected chi connectivity index (χ3v) is 1.95. The van der Waals surface area contributed by atoms with E-state index in [9.17, 15) is 0 Å². The zero-order valence-electron chi connectivity index (χ0n) is 9.07. The Hall–Kier alpha value is -1.32. The zero-order chi connectivity index (χ0) is 10.6. The fraction of sp³-hybridized carbons (Fsp3) is 0.600. The fourth-order valence-corrected chi connectivity index (χ4v) is 1.32. The summed E-state index contributed by atoms with van der Waals surface area (Å²) in [6, 6.07) is 0. The van der Waals surface area contributed by atoms with Crippen molar-refractivity contribution in [3.8, 4) is 0 Å². The van der Waals surface area contributed by atoms with Gasteiger partial charge >= 0.3 is 0 Å². The number of hydrogen-bond donors (Lipinski definition) is 1. The number of anilines is 2. The highest BCUT2D eigenvalue weighted by Crippen LogP contribution is 2.11. The van der Waals surface area contributed by atoms with Gasteiger partial charge in [-0.05, 0) is 12.8 Å². The van der Waals surface area contributed by atoms with Crippen molar-refractivity contribution in [2.75, 3.05) is 23.7 Å². The molecule has 4 nitrogen and oxygen atoms in total. The van der Waals surface area contributed by atoms with Crippen LogP contribution >= 0.6 is 0 Å². The summed E-state index contributed by atoms with van der Waals surface area (Å²) in [6.07, 6.45) is 3.32. The minimum Gasteiger partial charge on any atom is -0.382 e. The average Bonchev–Trinajstić information content (AvgIpc) is 2.15. The Bertz CT molecular complexity index is 268. The molecule has 0 aliphatic carbocycles. The number of nitrogen functional groups attached to an aromatic ring is 1. The van der Waals surface area contributed by atoms with Gasteiger partial charge in [0, 0.05) is 13.1 Å². The smallest absolute Gasteiger partial charge is 0.147 e. The molecule has 1 heterocycles. The summed E-state index contributed by atoms with van der Waals surface area (Å²) >= 11 is 0. The molecule has 0 atom stereocenters. The first-order valence-corrected chi connectivity index (χ1v) is 4.96. The quantitative estimate of drug-likeness (QED) is 0.790. The van der Waals surface area contributed by atoms with E-state index in [0.717, 1.165) is 18.9 Å². The molecule has 0 aromatic carbocycles. The molecule has 14 heavy (non-hydrogen) atoms. The predicted molar refractivity (Wildman–Crippen MR) is 59.2 cm³/mol. The van der Waals surface area contributed by atoms with E-state index in [-0.39, 0.29) is 0 Å². The number of hydrogen-bond acceptors (Lipinski definition) is 4. The van der Waals surface area contributed by atoms with Gasteiger partial charge < -0.3 is 10.6 Å². The molecule has 1 rings (SSSR count). The molecule has 1 aromatic rings. The maximum Gasteiger partial charge on any atom is 0.147 e. The minimum atomic E-state index is 0.467. The van der Waals surface area contributed by atoms with E-state index in [1.54, 1.807) is 12.4 Å². The first-order chi connectivity index (χ1) is 6.63. The third-order valence-electron chi connectivity index (χ3n) is 1.95. The van der Waals surface area contributed by atoms with Gasteiger partial charge in [0.1, 0.15) is 11.6 Å². The summed E-state index contributed by atoms with van der Waals surface area (Å²) in [4.78, 5) is 10.5. The monoisotopic (exact) mass is 194 g/mol. The zero-order valence-corrected chi connectivity index (χ0v) is 9.07. The van der Waals surface area contributed by atoms with Crippen LogP contribution < -0.4 is 10.6 Å². The summed E-state index contributed by atoms with van der Waals surface area (Å²) in [7, 11) is 0. The second kappa shape index (κ2) is 4.79. The Morgan fingerprint density at radius 1 is 1.36 bits per heavy atom. The number of rotatable bonds is 4. The van der Waals surface area contributed by atoms with Crippen molar-refractivity contribution in [3.63, 3.8) is 0 Å². The van der Waals surface area contributed by atoms with Gasteiger partial charge in [0.25, 0.3) is 0 Å². The first kappa shape index (κ1) is 10.8. The lowest BCUT2D eigenvalue weighted by Gasteiger charge is -2.23. The lowest BCUT2D eigenvalue weighted by molar-refractivity contribution is 0.614. The predicted octanol–water partition coefficient (Wildman–Crippen LogP) is 1.54. The summed E-state index contributed by atoms with van der Waals surface area (Å²) < 4.78 is 0. The SMILES string of the molecule is CCN(CC(C)C)c1cnc(N)cn1. The van der Waals surface area contributed by atoms with Crippen LogP contribution in [0.3, 0.4) is 0 Å². The highest BCUT2D eigenvalue weighted by molar-refractivity contribution is 5.39. The number of nitrogens with two attached hydrogens (primary N) is 1. The van der Waals surface area contributed by atoms with E-state index in [1.165, 1.54) is 0 Å². The molecule has 0 amide bonds. The van der Waals surface area contributed by atoms with E-state index in [2.05, 4.69) is 35.6 Å². The maximum absolute atomic E-state index is 5.48. The van der Waals surface area contributed by atoms with Gasteiger partial charge in [-0.2, -0.15) is 0 Å². The molecule has 0 spiro atoms. The fourth-order valence-electron chi connectivity index (χ4n) is 1.32. The first-order valence-electron chi connectivity index (χ1n) is 4.96. The van der Waals surface area contributed by atoms with Crippen molar-refractivity contribution >= 4 is 11.6 Å². The molecular formula is C10H18N4. The average molecular weight is 194 g/mol. The van der Waals surface area contributed by atoms with Crippen LogP contribution in [0.2, 0.25) is 0 Å². The van der Waals surface area contributed by atoms with Gasteiger partial charge in [0.15, 0.2) is 0 Å². The molecular weight excluding hydrogens is 176 g/mol. The van der Waals surface area contributed by atoms with E-state index in [4.69, 9.17) is 5.73 Å². The van der Waals surface area contributed by atoms with E-state index in [1.807, 2.05) is 0 Å². The van der Waals surface area contributed by atoms with Gasteiger partial charge in [0.2, 0.25) is 0 Å². The van der Waals surface area contributed by atoms with Gasteiger partial charge in [0.05, 0.1) is 12.4 Å². The minimum absolute atomic E-state index is 0.467. The highest BCUT2D eigenvalue weighted by atomic mass is 15.2. The Morgan fingerprint density at radius 3 is 2.50 bits per heavy atom. The van der Waals surface area contributed by atoms with Crippen LogP contribution in [0.4, 0.5) is 11.6 Å². The summed E-state index contributed by atoms with van der Waals surface area (Å²) in [5.74, 6) is 1.99. The molecule has 0 aliphatic heterocycles. The molecule has 0 bridgehead atoms. The van der Waals surface area contributed by atoms with Crippen LogP contribution in [-0.4, -0.2) is 23.1 Å². The van der Waals surface area contributed by atoms with Crippen molar-refractivity contribution in [1.29, 1.82) is 0 Å². The van der Waals surface area contributed by atoms with Crippen molar-refractivity contribution in [2.45, 2.75) is 20.8 Å². The highest BCUT2D eigenvalue weighted by Gasteiger charge is 2.07. The van der Waals surface area contributed by atoms with Gasteiger partial charge in [-0.1, -0.05) is 13.8 Å². The van der Waals surface area contributed by atoms with E-state index >= 15 is 0 Å². The second-order valence-corrected chi connectivity index (χ2v) is 3.73. The molecule has 4 heteroatoms. The lowest BCUT2D eigenvalue weighted by Crippen LogP contribution is -2.28. The van der Waals surface area contributed by atoms with Crippen molar-refractivity contribution in [1.82, 2.24) is 9.97 Å². The van der Waals surface area contributed by atoms with Gasteiger partial charge in [-0.25, -0.2) is 9.97 Å². The van der Waals surface area contributed by atoms with Crippen LogP contribution in [0.1, 0.15) is 20.8 Å². The molecule has 1 aromatic heterocycles. The molecule has 0 aliphatic rings. The van der Waals surface area contributed by atoms with E-state index in [0.29, 0.717) is 11.7 Å². The Balaban J connectivity index is 2.73. The Morgan fingerprint density at radius 2 is 2.07 bits per heavy atom. The number of nitrogens with zero attached hydrogens (tertiary/aromatic N) is 3. The topological polar surface area (TPSA) is 55.0 Å². The van der Waals surface area contributed by atoms with Gasteiger partial charge in [-0.3, -0.25) is 0 Å². The normalized spacial score (nSPS) is 10.6. The van der Waals surface area contributed by atoms with Crippen LogP contribution in [0.15, 0.2) is 12.4 Å². The van der Waals surface area contributed by atoms with Gasteiger partial charge in [-0.15, -0.1) is 0 Å². The van der Waals surface area contributed by atoms with E-state index < -0.39 is 0 Å². The third kappa shape index (κ3) is 2.87. The number of aromatic nitrogens is 2. The summed E-state index contributed by atoms with van der Waals surface area (Å²) in [6.45, 7) is 8.42. The molecule has 0 fully saturated rings.